The molecule has 2 saturated carbocycles. The molecule has 222 valence electrons. The van der Waals surface area contributed by atoms with Crippen molar-refractivity contribution in [3.63, 3.8) is 0 Å². The fourth-order valence-corrected chi connectivity index (χ4v) is 6.64. The number of rotatable bonds is 11. The van der Waals surface area contributed by atoms with Crippen LogP contribution in [0.1, 0.15) is 38.5 Å². The van der Waals surface area contributed by atoms with Gasteiger partial charge < -0.3 is 16.0 Å². The van der Waals surface area contributed by atoms with Crippen molar-refractivity contribution in [1.82, 2.24) is 39.2 Å². The highest BCUT2D eigenvalue weighted by Gasteiger charge is 2.37. The fourth-order valence-electron chi connectivity index (χ4n) is 5.16. The number of alkyl halides is 2. The van der Waals surface area contributed by atoms with Gasteiger partial charge in [-0.1, -0.05) is 0 Å². The lowest BCUT2D eigenvalue weighted by molar-refractivity contribution is 0.137. The minimum atomic E-state index is -3.49. The predicted octanol–water partition coefficient (Wildman–Crippen LogP) is 3.80. The van der Waals surface area contributed by atoms with Crippen molar-refractivity contribution < 1.29 is 17.2 Å². The first kappa shape index (κ1) is 28.2. The van der Waals surface area contributed by atoms with Crippen molar-refractivity contribution in [2.45, 2.75) is 62.3 Å². The molecule has 2 aliphatic rings. The Morgan fingerprint density at radius 1 is 1.07 bits per heavy atom. The number of aromatic nitrogens is 7. The van der Waals surface area contributed by atoms with Crippen molar-refractivity contribution in [3.05, 3.63) is 49.2 Å². The molecule has 4 heterocycles. The zero-order valence-corrected chi connectivity index (χ0v) is 23.8. The molecule has 4 aromatic heterocycles. The lowest BCUT2D eigenvalue weighted by Gasteiger charge is -2.31. The van der Waals surface area contributed by atoms with Crippen LogP contribution in [0.2, 0.25) is 0 Å². The van der Waals surface area contributed by atoms with E-state index < -0.39 is 16.4 Å². The molecular formula is C27H32F2N10O2S. The highest BCUT2D eigenvalue weighted by atomic mass is 32.2. The monoisotopic (exact) mass is 598 g/mol. The summed E-state index contributed by atoms with van der Waals surface area (Å²) in [6, 6.07) is 5.58. The first-order chi connectivity index (χ1) is 20.2. The number of hydrogen-bond acceptors (Lipinski definition) is 10. The molecule has 0 spiro atoms. The van der Waals surface area contributed by atoms with Crippen LogP contribution in [0.3, 0.4) is 0 Å². The zero-order chi connectivity index (χ0) is 29.3. The van der Waals surface area contributed by atoms with Crippen LogP contribution in [0, 0.1) is 0 Å². The highest BCUT2D eigenvalue weighted by Crippen LogP contribution is 2.33. The largest absolute Gasteiger partial charge is 0.382 e. The van der Waals surface area contributed by atoms with E-state index in [0.717, 1.165) is 46.7 Å². The van der Waals surface area contributed by atoms with Gasteiger partial charge >= 0.3 is 0 Å². The summed E-state index contributed by atoms with van der Waals surface area (Å²) in [6.07, 6.45) is 10.4. The topological polar surface area (TPSA) is 145 Å². The second-order valence-electron chi connectivity index (χ2n) is 10.7. The Morgan fingerprint density at radius 3 is 2.67 bits per heavy atom. The van der Waals surface area contributed by atoms with Crippen molar-refractivity contribution in [3.8, 4) is 22.6 Å². The van der Waals surface area contributed by atoms with Gasteiger partial charge in [0.15, 0.2) is 5.82 Å². The number of anilines is 3. The molecule has 0 aromatic carbocycles. The van der Waals surface area contributed by atoms with E-state index in [4.69, 9.17) is 0 Å². The number of nitrogens with one attached hydrogen (secondary N) is 3. The summed E-state index contributed by atoms with van der Waals surface area (Å²) < 4.78 is 53.3. The van der Waals surface area contributed by atoms with Crippen molar-refractivity contribution >= 4 is 27.3 Å². The number of nitrogens with zero attached hydrogens (tertiary/aromatic N) is 7. The van der Waals surface area contributed by atoms with Gasteiger partial charge in [0, 0.05) is 55.0 Å². The molecule has 2 aliphatic carbocycles. The normalized spacial score (nSPS) is 19.2. The van der Waals surface area contributed by atoms with Crippen LogP contribution >= 0.6 is 0 Å². The van der Waals surface area contributed by atoms with Gasteiger partial charge in [-0.15, -0.1) is 0 Å². The van der Waals surface area contributed by atoms with Crippen LogP contribution in [-0.2, 0) is 17.1 Å². The fraction of sp³-hybridized carbons (Fsp3) is 0.444. The minimum Gasteiger partial charge on any atom is -0.382 e. The van der Waals surface area contributed by atoms with Crippen LogP contribution in [0.4, 0.5) is 26.1 Å². The Bertz CT molecular complexity index is 1650. The van der Waals surface area contributed by atoms with E-state index in [1.807, 2.05) is 25.4 Å². The molecule has 0 aliphatic heterocycles. The summed E-state index contributed by atoms with van der Waals surface area (Å²) in [5.41, 5.74) is 2.86. The SMILES string of the molecule is Cn1ccc(-c2cnc(Nc3ccnc(-c4cnn(S(=O)(=O)C5CC5)c4)n3)cc2NC2CCCC(NCC(F)F)C2)n1. The number of aryl methyl sites for hydroxylation is 1. The summed E-state index contributed by atoms with van der Waals surface area (Å²) in [5, 5.41) is 18.0. The Morgan fingerprint density at radius 2 is 1.90 bits per heavy atom. The molecular weight excluding hydrogens is 566 g/mol. The maximum absolute atomic E-state index is 12.8. The quantitative estimate of drug-likeness (QED) is 0.233. The van der Waals surface area contributed by atoms with E-state index in [0.29, 0.717) is 35.9 Å². The minimum absolute atomic E-state index is 0.0195. The van der Waals surface area contributed by atoms with Crippen LogP contribution in [0.5, 0.6) is 0 Å². The van der Waals surface area contributed by atoms with Crippen LogP contribution < -0.4 is 16.0 Å². The molecule has 6 rings (SSSR count). The van der Waals surface area contributed by atoms with E-state index in [1.54, 1.807) is 23.1 Å². The van der Waals surface area contributed by atoms with Crippen molar-refractivity contribution in [2.24, 2.45) is 7.05 Å². The van der Waals surface area contributed by atoms with Crippen LogP contribution in [0.15, 0.2) is 49.2 Å². The Labute approximate surface area is 242 Å². The van der Waals surface area contributed by atoms with Gasteiger partial charge in [-0.2, -0.15) is 14.3 Å². The van der Waals surface area contributed by atoms with Gasteiger partial charge in [0.1, 0.15) is 11.6 Å². The molecule has 2 unspecified atom stereocenters. The molecule has 0 radical (unpaired) electrons. The summed E-state index contributed by atoms with van der Waals surface area (Å²) in [4.78, 5) is 13.4. The Hall–Kier alpha value is -3.98. The van der Waals surface area contributed by atoms with E-state index >= 15 is 0 Å². The summed E-state index contributed by atoms with van der Waals surface area (Å²) in [6.45, 7) is -0.308. The molecule has 0 bridgehead atoms. The van der Waals surface area contributed by atoms with Crippen LogP contribution in [0.25, 0.3) is 22.6 Å². The molecule has 15 heteroatoms. The van der Waals surface area contributed by atoms with Gasteiger partial charge in [-0.3, -0.25) is 4.68 Å². The Kier molecular flexibility index (Phi) is 7.86. The van der Waals surface area contributed by atoms with E-state index in [9.17, 15) is 17.2 Å². The molecule has 0 amide bonds. The first-order valence-corrected chi connectivity index (χ1v) is 15.4. The second kappa shape index (κ2) is 11.7. The molecule has 42 heavy (non-hydrogen) atoms. The van der Waals surface area contributed by atoms with E-state index in [2.05, 4.69) is 41.1 Å². The van der Waals surface area contributed by atoms with Gasteiger partial charge in [0.2, 0.25) is 0 Å². The second-order valence-corrected chi connectivity index (χ2v) is 12.8. The van der Waals surface area contributed by atoms with Gasteiger partial charge in [-0.05, 0) is 50.7 Å². The van der Waals surface area contributed by atoms with Gasteiger partial charge in [0.25, 0.3) is 16.4 Å². The van der Waals surface area contributed by atoms with Crippen molar-refractivity contribution in [2.75, 3.05) is 17.2 Å². The smallest absolute Gasteiger partial charge is 0.256 e. The number of halogens is 2. The maximum atomic E-state index is 12.8. The summed E-state index contributed by atoms with van der Waals surface area (Å²) in [7, 11) is -1.65. The van der Waals surface area contributed by atoms with Crippen molar-refractivity contribution in [1.29, 1.82) is 0 Å². The lowest BCUT2D eigenvalue weighted by Crippen LogP contribution is -2.40. The lowest BCUT2D eigenvalue weighted by atomic mass is 9.90. The summed E-state index contributed by atoms with van der Waals surface area (Å²) in [5.74, 6) is 1.32. The van der Waals surface area contributed by atoms with E-state index in [-0.39, 0.29) is 23.9 Å². The summed E-state index contributed by atoms with van der Waals surface area (Å²) >= 11 is 0. The zero-order valence-electron chi connectivity index (χ0n) is 23.0. The molecule has 2 fully saturated rings. The van der Waals surface area contributed by atoms with Gasteiger partial charge in [-0.25, -0.2) is 32.2 Å². The standard InChI is InChI=1S/C27H32F2N10O2S/c1-38-10-8-22(37-38)21-14-32-26(12-23(21)34-19-4-2-3-18(11-19)31-15-24(28)29)35-25-7-9-30-27(36-25)17-13-33-39(16-17)42(40,41)20-5-6-20/h7-10,12-14,16,18-20,24,31H,2-6,11,15H2,1H3,(H2,30,32,34,35,36). The third-order valence-corrected chi connectivity index (χ3v) is 9.46. The molecule has 2 atom stereocenters. The molecule has 0 saturated heterocycles. The van der Waals surface area contributed by atoms with Gasteiger partial charge in [0.05, 0.1) is 35.4 Å². The van der Waals surface area contributed by atoms with E-state index in [1.165, 1.54) is 12.4 Å². The molecule has 3 N–H and O–H groups in total. The molecule has 12 nitrogen and oxygen atoms in total. The predicted molar refractivity (Wildman–Crippen MR) is 154 cm³/mol. The number of pyridine rings is 1. The third-order valence-electron chi connectivity index (χ3n) is 7.42. The highest BCUT2D eigenvalue weighted by molar-refractivity contribution is 7.90. The Balaban J connectivity index is 1.22. The maximum Gasteiger partial charge on any atom is 0.256 e. The first-order valence-electron chi connectivity index (χ1n) is 13.9. The third kappa shape index (κ3) is 6.41. The number of hydrogen-bond donors (Lipinski definition) is 3. The molecule has 4 aromatic rings. The van der Waals surface area contributed by atoms with Crippen LogP contribution in [-0.4, -0.2) is 72.6 Å². The average molecular weight is 599 g/mol. The average Bonchev–Trinajstić information content (AvgIpc) is 3.56.